The van der Waals surface area contributed by atoms with Gasteiger partial charge in [0.15, 0.2) is 6.61 Å². The Bertz CT molecular complexity index is 644. The predicted molar refractivity (Wildman–Crippen MR) is 84.5 cm³/mol. The number of hydrogen-bond donors (Lipinski definition) is 1. The second kappa shape index (κ2) is 6.37. The average molecular weight is 360 g/mol. The highest BCUT2D eigenvalue weighted by atomic mass is 35.5. The largest absolute Gasteiger partial charge is 0.465 e. The van der Waals surface area contributed by atoms with Crippen molar-refractivity contribution < 1.29 is 23.9 Å². The van der Waals surface area contributed by atoms with E-state index in [1.807, 2.05) is 0 Å². The summed E-state index contributed by atoms with van der Waals surface area (Å²) < 4.78 is 8.36. The first-order valence-electron chi connectivity index (χ1n) is 6.73. The van der Waals surface area contributed by atoms with Crippen LogP contribution < -0.4 is 5.32 Å². The van der Waals surface area contributed by atoms with Crippen molar-refractivity contribution in [1.82, 2.24) is 0 Å². The molecule has 0 saturated heterocycles. The van der Waals surface area contributed by atoms with Crippen molar-refractivity contribution in [2.45, 2.75) is 17.7 Å². The first-order chi connectivity index (χ1) is 10.7. The molecule has 1 aliphatic rings. The zero-order valence-electron chi connectivity index (χ0n) is 12.5. The lowest BCUT2D eigenvalue weighted by Crippen LogP contribution is -2.26. The van der Waals surface area contributed by atoms with Crippen LogP contribution in [0.2, 0.25) is 0 Å². The van der Waals surface area contributed by atoms with E-state index in [0.717, 1.165) is 0 Å². The Morgan fingerprint density at radius 1 is 1.22 bits per heavy atom. The van der Waals surface area contributed by atoms with Crippen LogP contribution in [0.15, 0.2) is 24.3 Å². The second-order valence-electron chi connectivity index (χ2n) is 5.41. The highest BCUT2D eigenvalue weighted by Gasteiger charge is 2.69. The molecule has 0 bridgehead atoms. The smallest absolute Gasteiger partial charge is 0.337 e. The number of ether oxygens (including phenoxy) is 2. The van der Waals surface area contributed by atoms with Gasteiger partial charge in [-0.3, -0.25) is 9.59 Å². The van der Waals surface area contributed by atoms with E-state index in [-0.39, 0.29) is 0 Å². The molecule has 1 aromatic rings. The normalized spacial score (nSPS) is 21.2. The Morgan fingerprint density at radius 2 is 1.78 bits per heavy atom. The summed E-state index contributed by atoms with van der Waals surface area (Å²) in [6.45, 7) is 1.13. The lowest BCUT2D eigenvalue weighted by molar-refractivity contribution is -0.152. The average Bonchev–Trinajstić information content (AvgIpc) is 3.04. The van der Waals surface area contributed by atoms with Crippen LogP contribution in [0.25, 0.3) is 0 Å². The molecule has 1 atom stereocenters. The van der Waals surface area contributed by atoms with Crippen molar-refractivity contribution in [3.05, 3.63) is 29.8 Å². The summed E-state index contributed by atoms with van der Waals surface area (Å²) in [7, 11) is 1.28. The number of esters is 2. The quantitative estimate of drug-likeness (QED) is 0.645. The first-order valence-corrected chi connectivity index (χ1v) is 7.48. The highest BCUT2D eigenvalue weighted by Crippen LogP contribution is 2.64. The lowest BCUT2D eigenvalue weighted by Gasteiger charge is -2.12. The summed E-state index contributed by atoms with van der Waals surface area (Å²) >= 11 is 11.7. The number of rotatable bonds is 5. The second-order valence-corrected chi connectivity index (χ2v) is 6.89. The van der Waals surface area contributed by atoms with E-state index in [4.69, 9.17) is 27.9 Å². The van der Waals surface area contributed by atoms with E-state index < -0.39 is 34.2 Å². The molecule has 1 unspecified atom stereocenters. The van der Waals surface area contributed by atoms with E-state index in [1.54, 1.807) is 6.92 Å². The zero-order valence-corrected chi connectivity index (χ0v) is 14.0. The molecule has 1 saturated carbocycles. The molecular formula is C15H15Cl2NO5. The van der Waals surface area contributed by atoms with E-state index >= 15 is 0 Å². The molecule has 2 rings (SSSR count). The van der Waals surface area contributed by atoms with Crippen LogP contribution in [-0.4, -0.2) is 35.9 Å². The SMILES string of the molecule is COC(=O)c1ccc(NC(=O)COC(=O)C2(C)CC2(Cl)Cl)cc1. The monoisotopic (exact) mass is 359 g/mol. The van der Waals surface area contributed by atoms with Gasteiger partial charge in [0.05, 0.1) is 12.7 Å². The number of alkyl halides is 2. The van der Waals surface area contributed by atoms with Gasteiger partial charge in [0.1, 0.15) is 9.75 Å². The summed E-state index contributed by atoms with van der Waals surface area (Å²) in [5.74, 6) is -1.60. The van der Waals surface area contributed by atoms with Crippen LogP contribution in [0.3, 0.4) is 0 Å². The van der Waals surface area contributed by atoms with Gasteiger partial charge >= 0.3 is 11.9 Å². The van der Waals surface area contributed by atoms with E-state index in [0.29, 0.717) is 17.7 Å². The standard InChI is InChI=1S/C15H15Cl2NO5/c1-14(8-15(14,16)17)13(21)23-7-11(19)18-10-5-3-9(4-6-10)12(20)22-2/h3-6H,7-8H2,1-2H3,(H,18,19). The summed E-state index contributed by atoms with van der Waals surface area (Å²) in [6, 6.07) is 6.09. The number of methoxy groups -OCH3 is 1. The fraction of sp³-hybridized carbons (Fsp3) is 0.400. The fourth-order valence-electron chi connectivity index (χ4n) is 1.92. The Balaban J connectivity index is 1.83. The van der Waals surface area contributed by atoms with Crippen molar-refractivity contribution in [2.24, 2.45) is 5.41 Å². The van der Waals surface area contributed by atoms with Crippen LogP contribution >= 0.6 is 23.2 Å². The maximum atomic E-state index is 11.8. The van der Waals surface area contributed by atoms with Gasteiger partial charge in [-0.1, -0.05) is 0 Å². The third-order valence-electron chi connectivity index (χ3n) is 3.63. The van der Waals surface area contributed by atoms with Gasteiger partial charge in [-0.25, -0.2) is 4.79 Å². The fourth-order valence-corrected chi connectivity index (χ4v) is 2.61. The molecule has 0 spiro atoms. The summed E-state index contributed by atoms with van der Waals surface area (Å²) in [5.41, 5.74) is -0.155. The summed E-state index contributed by atoms with van der Waals surface area (Å²) in [6.07, 6.45) is 0.290. The molecule has 124 valence electrons. The zero-order chi connectivity index (χ0) is 17.3. The van der Waals surface area contributed by atoms with E-state index in [9.17, 15) is 14.4 Å². The van der Waals surface area contributed by atoms with Gasteiger partial charge in [0.2, 0.25) is 0 Å². The van der Waals surface area contributed by atoms with Gasteiger partial charge in [-0.15, -0.1) is 23.2 Å². The van der Waals surface area contributed by atoms with Crippen molar-refractivity contribution in [3.8, 4) is 0 Å². The first kappa shape index (κ1) is 17.6. The molecule has 0 radical (unpaired) electrons. The minimum absolute atomic E-state index is 0.290. The lowest BCUT2D eigenvalue weighted by atomic mass is 10.1. The van der Waals surface area contributed by atoms with Crippen LogP contribution in [-0.2, 0) is 19.1 Å². The molecule has 23 heavy (non-hydrogen) atoms. The van der Waals surface area contributed by atoms with Gasteiger partial charge in [0, 0.05) is 12.1 Å². The minimum atomic E-state index is -1.13. The molecule has 0 heterocycles. The van der Waals surface area contributed by atoms with Crippen LogP contribution in [0.4, 0.5) is 5.69 Å². The van der Waals surface area contributed by atoms with Crippen molar-refractivity contribution in [1.29, 1.82) is 0 Å². The summed E-state index contributed by atoms with van der Waals surface area (Å²) in [5, 5.41) is 2.54. The van der Waals surface area contributed by atoms with E-state index in [1.165, 1.54) is 31.4 Å². The molecule has 1 fully saturated rings. The molecule has 6 nitrogen and oxygen atoms in total. The molecule has 8 heteroatoms. The number of carbonyl (C=O) groups excluding carboxylic acids is 3. The molecule has 1 amide bonds. The van der Waals surface area contributed by atoms with Crippen LogP contribution in [0.1, 0.15) is 23.7 Å². The Hall–Kier alpha value is -1.79. The minimum Gasteiger partial charge on any atom is -0.465 e. The van der Waals surface area contributed by atoms with Gasteiger partial charge in [-0.2, -0.15) is 0 Å². The third kappa shape index (κ3) is 3.76. The van der Waals surface area contributed by atoms with Crippen LogP contribution in [0, 0.1) is 5.41 Å². The van der Waals surface area contributed by atoms with E-state index in [2.05, 4.69) is 10.1 Å². The number of hydrogen-bond acceptors (Lipinski definition) is 5. The van der Waals surface area contributed by atoms with Gasteiger partial charge in [-0.05, 0) is 31.2 Å². The number of anilines is 1. The molecule has 1 aromatic carbocycles. The van der Waals surface area contributed by atoms with Gasteiger partial charge in [0.25, 0.3) is 5.91 Å². The number of halogens is 2. The maximum Gasteiger partial charge on any atom is 0.337 e. The summed E-state index contributed by atoms with van der Waals surface area (Å²) in [4.78, 5) is 34.9. The van der Waals surface area contributed by atoms with Crippen molar-refractivity contribution in [2.75, 3.05) is 19.0 Å². The molecular weight excluding hydrogens is 345 g/mol. The van der Waals surface area contributed by atoms with Crippen molar-refractivity contribution >= 4 is 46.7 Å². The molecule has 1 N–H and O–H groups in total. The number of benzene rings is 1. The topological polar surface area (TPSA) is 81.7 Å². The maximum absolute atomic E-state index is 11.8. The molecule has 1 aliphatic carbocycles. The Labute approximate surface area is 143 Å². The van der Waals surface area contributed by atoms with Crippen LogP contribution in [0.5, 0.6) is 0 Å². The third-order valence-corrected chi connectivity index (χ3v) is 4.73. The number of amides is 1. The Morgan fingerprint density at radius 3 is 2.26 bits per heavy atom. The van der Waals surface area contributed by atoms with Crippen molar-refractivity contribution in [3.63, 3.8) is 0 Å². The predicted octanol–water partition coefficient (Wildman–Crippen LogP) is 2.54. The number of nitrogens with one attached hydrogen (secondary N) is 1. The molecule has 0 aromatic heterocycles. The highest BCUT2D eigenvalue weighted by molar-refractivity contribution is 6.53. The number of carbonyl (C=O) groups is 3. The van der Waals surface area contributed by atoms with Gasteiger partial charge < -0.3 is 14.8 Å². The Kier molecular flexibility index (Phi) is 4.87. The molecule has 0 aliphatic heterocycles.